The maximum absolute atomic E-state index is 13.7. The lowest BCUT2D eigenvalue weighted by Gasteiger charge is -2.08. The number of carbonyl (C=O) groups is 1. The largest absolute Gasteiger partial charge is 0.348 e. The van der Waals surface area contributed by atoms with Gasteiger partial charge in [0.25, 0.3) is 5.91 Å². The van der Waals surface area contributed by atoms with Gasteiger partial charge in [0.1, 0.15) is 17.2 Å². The summed E-state index contributed by atoms with van der Waals surface area (Å²) in [4.78, 5) is 11.9. The quantitative estimate of drug-likeness (QED) is 0.790. The highest BCUT2D eigenvalue weighted by Crippen LogP contribution is 2.19. The zero-order valence-corrected chi connectivity index (χ0v) is 13.1. The molecule has 0 heterocycles. The molecule has 2 aromatic rings. The first-order chi connectivity index (χ1) is 10.0. The number of carbonyl (C=O) groups excluding carboxylic acids is 1. The summed E-state index contributed by atoms with van der Waals surface area (Å²) in [6.07, 6.45) is 0. The first kappa shape index (κ1) is 15.9. The fourth-order valence-corrected chi connectivity index (χ4v) is 2.42. The van der Waals surface area contributed by atoms with Crippen LogP contribution in [0.15, 0.2) is 40.9 Å². The average Bonchev–Trinajstić information content (AvgIpc) is 2.44. The number of rotatable bonds is 4. The molecule has 0 aromatic heterocycles. The Morgan fingerprint density at radius 2 is 1.76 bits per heavy atom. The minimum atomic E-state index is -0.908. The van der Waals surface area contributed by atoms with Crippen molar-refractivity contribution in [2.75, 3.05) is 0 Å². The zero-order chi connectivity index (χ0) is 15.4. The van der Waals surface area contributed by atoms with Crippen LogP contribution < -0.4 is 5.32 Å². The van der Waals surface area contributed by atoms with E-state index in [1.807, 2.05) is 12.1 Å². The van der Waals surface area contributed by atoms with Gasteiger partial charge < -0.3 is 5.32 Å². The van der Waals surface area contributed by atoms with Crippen molar-refractivity contribution in [2.45, 2.75) is 12.4 Å². The van der Waals surface area contributed by atoms with E-state index in [-0.39, 0.29) is 11.0 Å². The molecule has 0 radical (unpaired) electrons. The summed E-state index contributed by atoms with van der Waals surface area (Å²) >= 11 is 8.69. The molecule has 2 rings (SSSR count). The molecule has 2 aromatic carbocycles. The molecule has 0 aliphatic carbocycles. The van der Waals surface area contributed by atoms with Crippen LogP contribution in [0.1, 0.15) is 21.5 Å². The van der Waals surface area contributed by atoms with Gasteiger partial charge in [-0.3, -0.25) is 4.79 Å². The summed E-state index contributed by atoms with van der Waals surface area (Å²) in [7, 11) is 0. The minimum Gasteiger partial charge on any atom is -0.348 e. The lowest BCUT2D eigenvalue weighted by Crippen LogP contribution is -2.25. The molecule has 0 unspecified atom stereocenters. The summed E-state index contributed by atoms with van der Waals surface area (Å²) in [5, 5.41) is 2.49. The molecule has 21 heavy (non-hydrogen) atoms. The molecule has 110 valence electrons. The van der Waals surface area contributed by atoms with Crippen LogP contribution in [0.5, 0.6) is 0 Å². The fraction of sp³-hybridized carbons (Fsp3) is 0.133. The van der Waals surface area contributed by atoms with Gasteiger partial charge in [-0.2, -0.15) is 0 Å². The van der Waals surface area contributed by atoms with Crippen molar-refractivity contribution in [3.8, 4) is 0 Å². The van der Waals surface area contributed by atoms with E-state index in [0.717, 1.165) is 23.3 Å². The SMILES string of the molecule is O=C(NCc1cccc(CCl)c1)c1c(F)cc(Br)cc1F. The van der Waals surface area contributed by atoms with Crippen LogP contribution in [-0.2, 0) is 12.4 Å². The molecule has 0 bridgehead atoms. The van der Waals surface area contributed by atoms with Crippen molar-refractivity contribution in [1.29, 1.82) is 0 Å². The van der Waals surface area contributed by atoms with Crippen molar-refractivity contribution in [3.05, 3.63) is 69.2 Å². The number of nitrogens with one attached hydrogen (secondary N) is 1. The molecule has 0 spiro atoms. The second kappa shape index (κ2) is 7.00. The van der Waals surface area contributed by atoms with Gasteiger partial charge in [-0.15, -0.1) is 11.6 Å². The van der Waals surface area contributed by atoms with Gasteiger partial charge in [-0.1, -0.05) is 40.2 Å². The van der Waals surface area contributed by atoms with Crippen LogP contribution in [0.2, 0.25) is 0 Å². The number of alkyl halides is 1. The van der Waals surface area contributed by atoms with Gasteiger partial charge in [0.05, 0.1) is 0 Å². The predicted octanol–water partition coefficient (Wildman–Crippen LogP) is 4.40. The molecular formula is C15H11BrClF2NO. The molecule has 0 aliphatic rings. The summed E-state index contributed by atoms with van der Waals surface area (Å²) < 4.78 is 27.6. The van der Waals surface area contributed by atoms with Gasteiger partial charge >= 0.3 is 0 Å². The number of hydrogen-bond donors (Lipinski definition) is 1. The summed E-state index contributed by atoms with van der Waals surface area (Å²) in [6, 6.07) is 9.37. The van der Waals surface area contributed by atoms with Gasteiger partial charge in [0, 0.05) is 16.9 Å². The van der Waals surface area contributed by atoms with Crippen molar-refractivity contribution < 1.29 is 13.6 Å². The van der Waals surface area contributed by atoms with E-state index in [1.165, 1.54) is 0 Å². The molecule has 2 nitrogen and oxygen atoms in total. The van der Waals surface area contributed by atoms with Crippen LogP contribution in [0, 0.1) is 11.6 Å². The van der Waals surface area contributed by atoms with Crippen LogP contribution in [0.3, 0.4) is 0 Å². The van der Waals surface area contributed by atoms with E-state index in [1.54, 1.807) is 12.1 Å². The predicted molar refractivity (Wildman–Crippen MR) is 81.2 cm³/mol. The topological polar surface area (TPSA) is 29.1 Å². The number of hydrogen-bond acceptors (Lipinski definition) is 1. The summed E-state index contributed by atoms with van der Waals surface area (Å²) in [5.41, 5.74) is 1.12. The summed E-state index contributed by atoms with van der Waals surface area (Å²) in [5.74, 6) is -2.26. The van der Waals surface area contributed by atoms with E-state index >= 15 is 0 Å². The first-order valence-corrected chi connectivity index (χ1v) is 7.40. The Bertz CT molecular complexity index is 655. The zero-order valence-electron chi connectivity index (χ0n) is 10.8. The second-order valence-corrected chi connectivity index (χ2v) is 5.56. The van der Waals surface area contributed by atoms with Crippen LogP contribution >= 0.6 is 27.5 Å². The Labute approximate surface area is 134 Å². The molecule has 1 N–H and O–H groups in total. The van der Waals surface area contributed by atoms with Gasteiger partial charge in [-0.25, -0.2) is 8.78 Å². The van der Waals surface area contributed by atoms with Gasteiger partial charge in [-0.05, 0) is 23.3 Å². The Kier molecular flexibility index (Phi) is 5.31. The fourth-order valence-electron chi connectivity index (χ4n) is 1.85. The third-order valence-corrected chi connectivity index (χ3v) is 3.60. The lowest BCUT2D eigenvalue weighted by atomic mass is 10.1. The maximum atomic E-state index is 13.7. The Morgan fingerprint density at radius 1 is 1.14 bits per heavy atom. The minimum absolute atomic E-state index is 0.165. The molecular weight excluding hydrogens is 364 g/mol. The van der Waals surface area contributed by atoms with E-state index < -0.39 is 23.1 Å². The van der Waals surface area contributed by atoms with Crippen LogP contribution in [0.4, 0.5) is 8.78 Å². The van der Waals surface area contributed by atoms with E-state index in [0.29, 0.717) is 5.88 Å². The number of benzene rings is 2. The first-order valence-electron chi connectivity index (χ1n) is 6.08. The van der Waals surface area contributed by atoms with E-state index in [9.17, 15) is 13.6 Å². The second-order valence-electron chi connectivity index (χ2n) is 4.38. The van der Waals surface area contributed by atoms with Crippen molar-refractivity contribution in [3.63, 3.8) is 0 Å². The summed E-state index contributed by atoms with van der Waals surface area (Å²) in [6.45, 7) is 0.165. The monoisotopic (exact) mass is 373 g/mol. The standard InChI is InChI=1S/C15H11BrClF2NO/c16-11-5-12(18)14(13(19)6-11)15(21)20-8-10-3-1-2-9(4-10)7-17/h1-6H,7-8H2,(H,20,21). The lowest BCUT2D eigenvalue weighted by molar-refractivity contribution is 0.0942. The Hall–Kier alpha value is -1.46. The third-order valence-electron chi connectivity index (χ3n) is 2.83. The Morgan fingerprint density at radius 3 is 2.38 bits per heavy atom. The molecule has 6 heteroatoms. The highest BCUT2D eigenvalue weighted by Gasteiger charge is 2.18. The number of amides is 1. The molecule has 0 aliphatic heterocycles. The van der Waals surface area contributed by atoms with Crippen molar-refractivity contribution in [2.24, 2.45) is 0 Å². The molecule has 0 fully saturated rings. The van der Waals surface area contributed by atoms with Crippen LogP contribution in [0.25, 0.3) is 0 Å². The highest BCUT2D eigenvalue weighted by molar-refractivity contribution is 9.10. The highest BCUT2D eigenvalue weighted by atomic mass is 79.9. The third kappa shape index (κ3) is 4.02. The van der Waals surface area contributed by atoms with Gasteiger partial charge in [0.15, 0.2) is 0 Å². The maximum Gasteiger partial charge on any atom is 0.257 e. The molecule has 1 amide bonds. The van der Waals surface area contributed by atoms with Crippen molar-refractivity contribution >= 4 is 33.4 Å². The van der Waals surface area contributed by atoms with E-state index in [2.05, 4.69) is 21.2 Å². The normalized spacial score (nSPS) is 10.5. The smallest absolute Gasteiger partial charge is 0.257 e. The molecule has 0 saturated heterocycles. The van der Waals surface area contributed by atoms with Gasteiger partial charge in [0.2, 0.25) is 0 Å². The number of halogens is 4. The average molecular weight is 375 g/mol. The Balaban J connectivity index is 2.12. The molecule has 0 saturated carbocycles. The van der Waals surface area contributed by atoms with Crippen molar-refractivity contribution in [1.82, 2.24) is 5.32 Å². The molecule has 0 atom stereocenters. The van der Waals surface area contributed by atoms with Crippen LogP contribution in [-0.4, -0.2) is 5.91 Å². The van der Waals surface area contributed by atoms with E-state index in [4.69, 9.17) is 11.6 Å².